The topological polar surface area (TPSA) is 78.9 Å². The highest BCUT2D eigenvalue weighted by molar-refractivity contribution is 5.71. The molecular weight excluding hydrogens is 588 g/mol. The van der Waals surface area contributed by atoms with Gasteiger partial charge in [-0.3, -0.25) is 14.4 Å². The van der Waals surface area contributed by atoms with E-state index in [0.29, 0.717) is 19.3 Å². The molecule has 0 spiro atoms. The summed E-state index contributed by atoms with van der Waals surface area (Å²) in [5.41, 5.74) is 0. The van der Waals surface area contributed by atoms with Crippen molar-refractivity contribution < 1.29 is 28.6 Å². The van der Waals surface area contributed by atoms with Crippen molar-refractivity contribution >= 4 is 17.9 Å². The molecule has 0 saturated heterocycles. The monoisotopic (exact) mass is 667 g/mol. The third kappa shape index (κ3) is 35.5. The highest BCUT2D eigenvalue weighted by Crippen LogP contribution is 2.15. The Morgan fingerprint density at radius 1 is 0.340 bits per heavy atom. The molecule has 278 valence electrons. The lowest BCUT2D eigenvalue weighted by atomic mass is 10.0. The first kappa shape index (κ1) is 45.4. The van der Waals surface area contributed by atoms with Gasteiger partial charge in [0.05, 0.1) is 0 Å². The zero-order valence-electron chi connectivity index (χ0n) is 31.6. The molecule has 0 fully saturated rings. The maximum atomic E-state index is 12.6. The van der Waals surface area contributed by atoms with Gasteiger partial charge < -0.3 is 14.2 Å². The van der Waals surface area contributed by atoms with E-state index in [1.165, 1.54) is 122 Å². The maximum Gasteiger partial charge on any atom is 0.306 e. The Balaban J connectivity index is 4.24. The van der Waals surface area contributed by atoms with Crippen LogP contribution in [0.25, 0.3) is 0 Å². The van der Waals surface area contributed by atoms with Gasteiger partial charge in [-0.2, -0.15) is 0 Å². The van der Waals surface area contributed by atoms with Gasteiger partial charge in [0.15, 0.2) is 6.10 Å². The molecule has 0 saturated carbocycles. The molecular formula is C41H78O6. The Morgan fingerprint density at radius 3 is 0.851 bits per heavy atom. The Kier molecular flexibility index (Phi) is 36.0. The zero-order chi connectivity index (χ0) is 34.5. The molecule has 0 aliphatic heterocycles. The summed E-state index contributed by atoms with van der Waals surface area (Å²) in [4.78, 5) is 37.3. The lowest BCUT2D eigenvalue weighted by molar-refractivity contribution is -0.167. The van der Waals surface area contributed by atoms with Gasteiger partial charge >= 0.3 is 17.9 Å². The number of unbranched alkanes of at least 4 members (excludes halogenated alkanes) is 26. The van der Waals surface area contributed by atoms with Crippen LogP contribution in [0.3, 0.4) is 0 Å². The molecule has 1 unspecified atom stereocenters. The molecule has 0 rings (SSSR count). The first-order valence-electron chi connectivity index (χ1n) is 20.5. The number of rotatable bonds is 37. The number of esters is 3. The minimum atomic E-state index is -0.755. The van der Waals surface area contributed by atoms with Gasteiger partial charge in [0, 0.05) is 19.3 Å². The predicted octanol–water partition coefficient (Wildman–Crippen LogP) is 12.5. The first-order valence-corrected chi connectivity index (χ1v) is 20.5. The van der Waals surface area contributed by atoms with Crippen LogP contribution in [0.5, 0.6) is 0 Å². The summed E-state index contributed by atoms with van der Waals surface area (Å²) in [5.74, 6) is -0.873. The van der Waals surface area contributed by atoms with Crippen LogP contribution in [0.4, 0.5) is 0 Å². The fourth-order valence-electron chi connectivity index (χ4n) is 5.97. The minimum Gasteiger partial charge on any atom is -0.462 e. The van der Waals surface area contributed by atoms with Gasteiger partial charge in [0.1, 0.15) is 13.2 Å². The quantitative estimate of drug-likeness (QED) is 0.0373. The van der Waals surface area contributed by atoms with Crippen LogP contribution in [-0.4, -0.2) is 37.2 Å². The fraction of sp³-hybridized carbons (Fsp3) is 0.927. The summed E-state index contributed by atoms with van der Waals surface area (Å²) in [6.07, 6.45) is 35.4. The van der Waals surface area contributed by atoms with Crippen LogP contribution in [0.15, 0.2) is 0 Å². The Hall–Kier alpha value is -1.59. The zero-order valence-corrected chi connectivity index (χ0v) is 31.6. The average Bonchev–Trinajstić information content (AvgIpc) is 3.06. The molecule has 0 aromatic heterocycles. The summed E-state index contributed by atoms with van der Waals surface area (Å²) in [6.45, 7) is 6.55. The van der Waals surface area contributed by atoms with Gasteiger partial charge in [-0.05, 0) is 19.3 Å². The molecule has 6 heteroatoms. The second-order valence-corrected chi connectivity index (χ2v) is 13.9. The standard InChI is InChI=1S/C41H78O6/c1-4-7-10-13-15-17-19-21-23-25-28-31-34-40(43)46-37-38(36-45-39(42)33-30-27-12-9-6-3)47-41(44)35-32-29-26-24-22-20-18-16-14-11-8-5-2/h38H,4-37H2,1-3H3. The molecule has 1 atom stereocenters. The van der Waals surface area contributed by atoms with Gasteiger partial charge in [0.25, 0.3) is 0 Å². The van der Waals surface area contributed by atoms with E-state index in [-0.39, 0.29) is 31.1 Å². The molecule has 0 aliphatic carbocycles. The van der Waals surface area contributed by atoms with Gasteiger partial charge in [-0.25, -0.2) is 0 Å². The summed E-state index contributed by atoms with van der Waals surface area (Å²) in [7, 11) is 0. The van der Waals surface area contributed by atoms with E-state index in [0.717, 1.165) is 64.2 Å². The summed E-state index contributed by atoms with van der Waals surface area (Å²) < 4.78 is 16.5. The number of hydrogen-bond donors (Lipinski definition) is 0. The fourth-order valence-corrected chi connectivity index (χ4v) is 5.97. The summed E-state index contributed by atoms with van der Waals surface area (Å²) in [5, 5.41) is 0. The molecule has 0 aliphatic rings. The molecule has 0 heterocycles. The van der Waals surface area contributed by atoms with Gasteiger partial charge in [-0.1, -0.05) is 188 Å². The van der Waals surface area contributed by atoms with Crippen molar-refractivity contribution in [2.45, 2.75) is 232 Å². The maximum absolute atomic E-state index is 12.6. The number of ether oxygens (including phenoxy) is 3. The van der Waals surface area contributed by atoms with Crippen LogP contribution in [0, 0.1) is 0 Å². The molecule has 0 amide bonds. The van der Waals surface area contributed by atoms with E-state index in [2.05, 4.69) is 20.8 Å². The smallest absolute Gasteiger partial charge is 0.306 e. The van der Waals surface area contributed by atoms with E-state index in [1.54, 1.807) is 0 Å². The third-order valence-corrected chi connectivity index (χ3v) is 9.11. The van der Waals surface area contributed by atoms with Crippen LogP contribution in [0.2, 0.25) is 0 Å². The van der Waals surface area contributed by atoms with Gasteiger partial charge in [0.2, 0.25) is 0 Å². The van der Waals surface area contributed by atoms with Crippen LogP contribution in [-0.2, 0) is 28.6 Å². The number of hydrogen-bond acceptors (Lipinski definition) is 6. The first-order chi connectivity index (χ1) is 23.0. The van der Waals surface area contributed by atoms with Crippen LogP contribution < -0.4 is 0 Å². The van der Waals surface area contributed by atoms with Crippen molar-refractivity contribution in [3.8, 4) is 0 Å². The molecule has 0 bridgehead atoms. The lowest BCUT2D eigenvalue weighted by Gasteiger charge is -2.18. The molecule has 47 heavy (non-hydrogen) atoms. The lowest BCUT2D eigenvalue weighted by Crippen LogP contribution is -2.30. The number of carbonyl (C=O) groups excluding carboxylic acids is 3. The van der Waals surface area contributed by atoms with Crippen molar-refractivity contribution in [1.82, 2.24) is 0 Å². The average molecular weight is 667 g/mol. The second kappa shape index (κ2) is 37.2. The van der Waals surface area contributed by atoms with E-state index in [9.17, 15) is 14.4 Å². The molecule has 0 N–H and O–H groups in total. The summed E-state index contributed by atoms with van der Waals surface area (Å²) in [6, 6.07) is 0. The minimum absolute atomic E-state index is 0.0644. The van der Waals surface area contributed by atoms with E-state index >= 15 is 0 Å². The van der Waals surface area contributed by atoms with E-state index in [1.807, 2.05) is 0 Å². The Bertz CT molecular complexity index is 693. The van der Waals surface area contributed by atoms with Crippen molar-refractivity contribution in [3.63, 3.8) is 0 Å². The van der Waals surface area contributed by atoms with Gasteiger partial charge in [-0.15, -0.1) is 0 Å². The number of carbonyl (C=O) groups is 3. The van der Waals surface area contributed by atoms with Crippen LogP contribution in [0.1, 0.15) is 226 Å². The molecule has 0 radical (unpaired) electrons. The normalized spacial score (nSPS) is 11.8. The van der Waals surface area contributed by atoms with E-state index < -0.39 is 6.10 Å². The Labute approximate surface area is 291 Å². The largest absolute Gasteiger partial charge is 0.462 e. The molecule has 6 nitrogen and oxygen atoms in total. The Morgan fingerprint density at radius 2 is 0.574 bits per heavy atom. The summed E-state index contributed by atoms with van der Waals surface area (Å²) >= 11 is 0. The highest BCUT2D eigenvalue weighted by atomic mass is 16.6. The molecule has 0 aromatic rings. The van der Waals surface area contributed by atoms with Crippen molar-refractivity contribution in [1.29, 1.82) is 0 Å². The van der Waals surface area contributed by atoms with Crippen molar-refractivity contribution in [2.75, 3.05) is 13.2 Å². The van der Waals surface area contributed by atoms with Crippen molar-refractivity contribution in [3.05, 3.63) is 0 Å². The van der Waals surface area contributed by atoms with Crippen molar-refractivity contribution in [2.24, 2.45) is 0 Å². The third-order valence-electron chi connectivity index (χ3n) is 9.11. The SMILES string of the molecule is CCCCCCCCCCCCCCC(=O)OCC(COC(=O)CCCCCCC)OC(=O)CCCCCCCCCCCCCC. The second-order valence-electron chi connectivity index (χ2n) is 13.9. The highest BCUT2D eigenvalue weighted by Gasteiger charge is 2.19. The van der Waals surface area contributed by atoms with Crippen LogP contribution >= 0.6 is 0 Å². The molecule has 0 aromatic carbocycles. The predicted molar refractivity (Wildman–Crippen MR) is 197 cm³/mol. The van der Waals surface area contributed by atoms with E-state index in [4.69, 9.17) is 14.2 Å².